The van der Waals surface area contributed by atoms with E-state index in [2.05, 4.69) is 0 Å². The lowest BCUT2D eigenvalue weighted by molar-refractivity contribution is -0.136. The molecule has 1 atom stereocenters. The van der Waals surface area contributed by atoms with Crippen LogP contribution in [-0.2, 0) is 26.2 Å². The highest BCUT2D eigenvalue weighted by atomic mass is 32.2. The van der Waals surface area contributed by atoms with E-state index in [9.17, 15) is 26.4 Å². The maximum Gasteiger partial charge on any atom is 0.404 e. The maximum atomic E-state index is 12.7. The lowest BCUT2D eigenvalue weighted by atomic mass is 9.78. The van der Waals surface area contributed by atoms with Crippen LogP contribution in [-0.4, -0.2) is 56.9 Å². The van der Waals surface area contributed by atoms with E-state index in [1.807, 2.05) is 16.7 Å². The van der Waals surface area contributed by atoms with Crippen molar-refractivity contribution < 1.29 is 31.1 Å². The number of amides is 1. The standard InChI is InChI=1S/C23H34F3N3O4S/c1-29(19-6-4-7-19)22(30)21(27)17-11-9-16(10-12-17)13-33-14-18-5-2-3-8-20(18)28-34(31,32)15-23(24,25)26/h2-3,5,8,16-17,19,21,28H,4,6-7,9-15,27H2,1H3/t16?,17?,21-/m0/s1. The van der Waals surface area contributed by atoms with Gasteiger partial charge in [-0.3, -0.25) is 9.52 Å². The van der Waals surface area contributed by atoms with Crippen LogP contribution in [0.1, 0.15) is 50.5 Å². The van der Waals surface area contributed by atoms with Gasteiger partial charge in [-0.2, -0.15) is 13.2 Å². The molecule has 1 amide bonds. The summed E-state index contributed by atoms with van der Waals surface area (Å²) in [5.41, 5.74) is 6.83. The van der Waals surface area contributed by atoms with Crippen LogP contribution < -0.4 is 10.5 Å². The summed E-state index contributed by atoms with van der Waals surface area (Å²) in [5.74, 6) is -1.49. The van der Waals surface area contributed by atoms with Gasteiger partial charge in [-0.15, -0.1) is 0 Å². The minimum absolute atomic E-state index is 0.0222. The lowest BCUT2D eigenvalue weighted by Gasteiger charge is -2.38. The van der Waals surface area contributed by atoms with Crippen molar-refractivity contribution in [1.82, 2.24) is 4.90 Å². The molecule has 34 heavy (non-hydrogen) atoms. The average molecular weight is 506 g/mol. The molecule has 3 N–H and O–H groups in total. The Bertz CT molecular complexity index is 930. The van der Waals surface area contributed by atoms with Crippen LogP contribution in [0, 0.1) is 11.8 Å². The second-order valence-corrected chi connectivity index (χ2v) is 11.2. The van der Waals surface area contributed by atoms with Gasteiger partial charge in [-0.1, -0.05) is 18.2 Å². The van der Waals surface area contributed by atoms with Gasteiger partial charge in [0.2, 0.25) is 15.9 Å². The van der Waals surface area contributed by atoms with E-state index in [1.165, 1.54) is 6.07 Å². The molecule has 2 saturated carbocycles. The first kappa shape index (κ1) is 26.7. The maximum absolute atomic E-state index is 12.7. The van der Waals surface area contributed by atoms with E-state index in [-0.39, 0.29) is 30.0 Å². The van der Waals surface area contributed by atoms with E-state index in [0.29, 0.717) is 18.2 Å². The topological polar surface area (TPSA) is 102 Å². The summed E-state index contributed by atoms with van der Waals surface area (Å²) < 4.78 is 68.9. The molecule has 0 unspecified atom stereocenters. The Morgan fingerprint density at radius 3 is 2.41 bits per heavy atom. The largest absolute Gasteiger partial charge is 0.404 e. The number of benzene rings is 1. The quantitative estimate of drug-likeness (QED) is 0.506. The SMILES string of the molecule is CN(C(=O)[C@@H](N)C1CCC(COCc2ccccc2NS(=O)(=O)CC(F)(F)F)CC1)C1CCC1. The van der Waals surface area contributed by atoms with Crippen molar-refractivity contribution in [1.29, 1.82) is 0 Å². The molecule has 11 heteroatoms. The van der Waals surface area contributed by atoms with Crippen molar-refractivity contribution in [3.8, 4) is 0 Å². The number of hydrogen-bond donors (Lipinski definition) is 2. The third-order valence-electron chi connectivity index (χ3n) is 6.90. The molecule has 0 radical (unpaired) electrons. The van der Waals surface area contributed by atoms with Crippen molar-refractivity contribution in [2.75, 3.05) is 24.1 Å². The molecule has 0 aromatic heterocycles. The summed E-state index contributed by atoms with van der Waals surface area (Å²) in [4.78, 5) is 14.5. The Balaban J connectivity index is 1.44. The minimum Gasteiger partial charge on any atom is -0.376 e. The molecular formula is C23H34F3N3O4S. The molecule has 1 aromatic rings. The fourth-order valence-electron chi connectivity index (χ4n) is 4.61. The summed E-state index contributed by atoms with van der Waals surface area (Å²) in [6.45, 7) is 0.524. The van der Waals surface area contributed by atoms with E-state index < -0.39 is 28.0 Å². The van der Waals surface area contributed by atoms with Gasteiger partial charge < -0.3 is 15.4 Å². The number of carbonyl (C=O) groups is 1. The van der Waals surface area contributed by atoms with Crippen molar-refractivity contribution in [3.63, 3.8) is 0 Å². The third kappa shape index (κ3) is 7.58. The first-order chi connectivity index (χ1) is 16.0. The van der Waals surface area contributed by atoms with Gasteiger partial charge >= 0.3 is 6.18 Å². The second-order valence-electron chi connectivity index (χ2n) is 9.49. The summed E-state index contributed by atoms with van der Waals surface area (Å²) in [7, 11) is -2.73. The number of nitrogens with zero attached hydrogens (tertiary/aromatic N) is 1. The molecule has 7 nitrogen and oxygen atoms in total. The van der Waals surface area contributed by atoms with Gasteiger partial charge in [0.25, 0.3) is 0 Å². The van der Waals surface area contributed by atoms with E-state index >= 15 is 0 Å². The third-order valence-corrected chi connectivity index (χ3v) is 8.14. The molecule has 2 aliphatic rings. The highest BCUT2D eigenvalue weighted by molar-refractivity contribution is 7.92. The number of hydrogen-bond acceptors (Lipinski definition) is 5. The smallest absolute Gasteiger partial charge is 0.376 e. The monoisotopic (exact) mass is 505 g/mol. The molecular weight excluding hydrogens is 471 g/mol. The van der Waals surface area contributed by atoms with Crippen LogP contribution >= 0.6 is 0 Å². The van der Waals surface area contributed by atoms with Gasteiger partial charge in [0.05, 0.1) is 18.3 Å². The zero-order valence-electron chi connectivity index (χ0n) is 19.4. The number of halogens is 3. The summed E-state index contributed by atoms with van der Waals surface area (Å²) in [6.07, 6.45) is 1.86. The van der Waals surface area contributed by atoms with Crippen molar-refractivity contribution in [2.45, 2.75) is 69.8 Å². The number of nitrogens with two attached hydrogens (primary N) is 1. The number of ether oxygens (including phenoxy) is 1. The Morgan fingerprint density at radius 1 is 1.18 bits per heavy atom. The Kier molecular flexibility index (Phi) is 8.86. The van der Waals surface area contributed by atoms with E-state index in [0.717, 1.165) is 44.9 Å². The number of sulfonamides is 1. The van der Waals surface area contributed by atoms with Gasteiger partial charge in [-0.05, 0) is 62.8 Å². The van der Waals surface area contributed by atoms with Crippen LogP contribution in [0.3, 0.4) is 0 Å². The molecule has 3 rings (SSSR count). The van der Waals surface area contributed by atoms with Crippen LogP contribution in [0.5, 0.6) is 0 Å². The highest BCUT2D eigenvalue weighted by Crippen LogP contribution is 2.32. The number of anilines is 1. The van der Waals surface area contributed by atoms with Gasteiger partial charge in [0.15, 0.2) is 5.75 Å². The summed E-state index contributed by atoms with van der Waals surface area (Å²) in [5, 5.41) is 0. The molecule has 0 saturated heterocycles. The first-order valence-electron chi connectivity index (χ1n) is 11.7. The van der Waals surface area contributed by atoms with Gasteiger partial charge in [-0.25, -0.2) is 8.42 Å². The van der Waals surface area contributed by atoms with Crippen LogP contribution in [0.2, 0.25) is 0 Å². The molecule has 1 aromatic carbocycles. The molecule has 0 bridgehead atoms. The number of likely N-dealkylation sites (N-methyl/N-ethyl adjacent to an activating group) is 1. The molecule has 0 spiro atoms. The fraction of sp³-hybridized carbons (Fsp3) is 0.696. The highest BCUT2D eigenvalue weighted by Gasteiger charge is 2.36. The summed E-state index contributed by atoms with van der Waals surface area (Å²) >= 11 is 0. The van der Waals surface area contributed by atoms with Crippen LogP contribution in [0.15, 0.2) is 24.3 Å². The van der Waals surface area contributed by atoms with Gasteiger partial charge in [0.1, 0.15) is 0 Å². The molecule has 0 aliphatic heterocycles. The zero-order valence-corrected chi connectivity index (χ0v) is 20.2. The van der Waals surface area contributed by atoms with Crippen molar-refractivity contribution >= 4 is 21.6 Å². The average Bonchev–Trinajstić information content (AvgIpc) is 2.71. The Labute approximate surface area is 199 Å². The van der Waals surface area contributed by atoms with Gasteiger partial charge in [0, 0.05) is 25.3 Å². The minimum atomic E-state index is -4.82. The predicted octanol–water partition coefficient (Wildman–Crippen LogP) is 3.65. The molecule has 2 aliphatic carbocycles. The number of para-hydroxylation sites is 1. The Hall–Kier alpha value is -1.85. The van der Waals surface area contributed by atoms with E-state index in [4.69, 9.17) is 10.5 Å². The number of carbonyl (C=O) groups excluding carboxylic acids is 1. The normalized spacial score (nSPS) is 22.6. The number of rotatable bonds is 10. The first-order valence-corrected chi connectivity index (χ1v) is 13.4. The van der Waals surface area contributed by atoms with Crippen LogP contribution in [0.25, 0.3) is 0 Å². The van der Waals surface area contributed by atoms with Crippen LogP contribution in [0.4, 0.5) is 18.9 Å². The number of nitrogens with one attached hydrogen (secondary N) is 1. The molecule has 0 heterocycles. The zero-order chi connectivity index (χ0) is 24.9. The lowest BCUT2D eigenvalue weighted by Crippen LogP contribution is -2.52. The summed E-state index contributed by atoms with van der Waals surface area (Å²) in [6, 6.07) is 6.09. The Morgan fingerprint density at radius 2 is 1.82 bits per heavy atom. The second kappa shape index (κ2) is 11.3. The molecule has 192 valence electrons. The predicted molar refractivity (Wildman–Crippen MR) is 123 cm³/mol. The van der Waals surface area contributed by atoms with Crippen molar-refractivity contribution in [2.24, 2.45) is 17.6 Å². The van der Waals surface area contributed by atoms with Crippen molar-refractivity contribution in [3.05, 3.63) is 29.8 Å². The van der Waals surface area contributed by atoms with E-state index in [1.54, 1.807) is 18.2 Å². The molecule has 2 fully saturated rings. The number of alkyl halides is 3. The fourth-order valence-corrected chi connectivity index (χ4v) is 5.64.